The second kappa shape index (κ2) is 11.4. The van der Waals surface area contributed by atoms with Crippen LogP contribution in [0, 0.1) is 5.41 Å². The third-order valence-electron chi connectivity index (χ3n) is 4.09. The van der Waals surface area contributed by atoms with E-state index in [9.17, 15) is 26.4 Å². The number of hydrogen-bond donors (Lipinski definition) is 2. The number of ether oxygens (including phenoxy) is 1. The molecule has 2 rings (SSSR count). The van der Waals surface area contributed by atoms with Gasteiger partial charge in [0.15, 0.2) is 26.4 Å². The van der Waals surface area contributed by atoms with Crippen LogP contribution < -0.4 is 5.32 Å². The lowest BCUT2D eigenvalue weighted by Gasteiger charge is -2.14. The molecule has 0 saturated heterocycles. The zero-order chi connectivity index (χ0) is 25.7. The first-order chi connectivity index (χ1) is 15.7. The van der Waals surface area contributed by atoms with Gasteiger partial charge in [0, 0.05) is 18.4 Å². The number of halogens is 4. The van der Waals surface area contributed by atoms with Gasteiger partial charge in [0.1, 0.15) is 13.2 Å². The summed E-state index contributed by atoms with van der Waals surface area (Å²) in [4.78, 5) is 18.0. The maximum absolute atomic E-state index is 13.1. The summed E-state index contributed by atoms with van der Waals surface area (Å²) in [6.45, 7) is 0.0658. The summed E-state index contributed by atoms with van der Waals surface area (Å²) in [5, 5.41) is 9.92. The standard InChI is InChI=1S/C19H21BrF3N5O4S2/c1-28(2)7-8-32-13(29)10-25-15(14(20)16(24)19(21,22)23)18-26-17(27-33-18)11-5-4-6-12(9-11)34(3,30)31/h4-6,9,24-25H,7-8,10H2,1-3H3/b15-14+,24-16?. The van der Waals surface area contributed by atoms with Gasteiger partial charge in [-0.1, -0.05) is 12.1 Å². The lowest BCUT2D eigenvalue weighted by Crippen LogP contribution is -2.29. The number of nitrogens with zero attached hydrogens (tertiary/aromatic N) is 3. The summed E-state index contributed by atoms with van der Waals surface area (Å²) < 4.78 is 71.5. The maximum Gasteiger partial charge on any atom is 0.433 e. The van der Waals surface area contributed by atoms with Crippen molar-refractivity contribution >= 4 is 54.7 Å². The van der Waals surface area contributed by atoms with Crippen LogP contribution in [0.2, 0.25) is 0 Å². The fraction of sp³-hybridized carbons (Fsp3) is 0.368. The number of hydrogen-bond acceptors (Lipinski definition) is 10. The second-order valence-corrected chi connectivity index (χ2v) is 10.7. The Morgan fingerprint density at radius 2 is 2.00 bits per heavy atom. The van der Waals surface area contributed by atoms with Gasteiger partial charge in [-0.15, -0.1) is 0 Å². The third-order valence-corrected chi connectivity index (χ3v) is 6.73. The molecule has 2 N–H and O–H groups in total. The Labute approximate surface area is 206 Å². The van der Waals surface area contributed by atoms with E-state index in [1.54, 1.807) is 25.1 Å². The van der Waals surface area contributed by atoms with E-state index in [0.29, 0.717) is 23.6 Å². The Morgan fingerprint density at radius 1 is 1.32 bits per heavy atom. The first-order valence-corrected chi connectivity index (χ1v) is 12.9. The van der Waals surface area contributed by atoms with Crippen molar-refractivity contribution < 1.29 is 31.1 Å². The van der Waals surface area contributed by atoms with Crippen LogP contribution in [0.4, 0.5) is 13.2 Å². The summed E-state index contributed by atoms with van der Waals surface area (Å²) in [6, 6.07) is 5.77. The molecule has 186 valence electrons. The van der Waals surface area contributed by atoms with E-state index in [4.69, 9.17) is 10.1 Å². The van der Waals surface area contributed by atoms with E-state index in [1.165, 1.54) is 18.2 Å². The van der Waals surface area contributed by atoms with Gasteiger partial charge >= 0.3 is 12.1 Å². The largest absolute Gasteiger partial charge is 0.463 e. The van der Waals surface area contributed by atoms with Gasteiger partial charge in [0.2, 0.25) is 0 Å². The molecular weight excluding hydrogens is 563 g/mol. The van der Waals surface area contributed by atoms with E-state index in [1.807, 2.05) is 0 Å². The summed E-state index contributed by atoms with van der Waals surface area (Å²) in [5.41, 5.74) is -1.64. The number of rotatable bonds is 10. The normalized spacial score (nSPS) is 12.9. The fourth-order valence-corrected chi connectivity index (χ4v) is 4.42. The number of sulfone groups is 1. The smallest absolute Gasteiger partial charge is 0.433 e. The van der Waals surface area contributed by atoms with Crippen LogP contribution in [0.3, 0.4) is 0 Å². The highest BCUT2D eigenvalue weighted by molar-refractivity contribution is 9.12. The minimum absolute atomic E-state index is 0.0238. The van der Waals surface area contributed by atoms with Crippen molar-refractivity contribution in [3.8, 4) is 11.4 Å². The molecule has 0 radical (unpaired) electrons. The molecule has 0 amide bonds. The second-order valence-electron chi connectivity index (χ2n) is 7.16. The van der Waals surface area contributed by atoms with Crippen LogP contribution in [0.5, 0.6) is 0 Å². The lowest BCUT2D eigenvalue weighted by atomic mass is 10.2. The fourth-order valence-electron chi connectivity index (χ4n) is 2.36. The van der Waals surface area contributed by atoms with Crippen LogP contribution in [0.25, 0.3) is 17.1 Å². The molecule has 9 nitrogen and oxygen atoms in total. The number of alkyl halides is 3. The van der Waals surface area contributed by atoms with Crippen molar-refractivity contribution in [2.75, 3.05) is 40.0 Å². The molecule has 0 aliphatic heterocycles. The number of aromatic nitrogens is 2. The Kier molecular flexibility index (Phi) is 9.33. The molecule has 34 heavy (non-hydrogen) atoms. The molecule has 0 spiro atoms. The average molecular weight is 584 g/mol. The van der Waals surface area contributed by atoms with Gasteiger partial charge in [-0.2, -0.15) is 17.5 Å². The van der Waals surface area contributed by atoms with Crippen LogP contribution in [0.15, 0.2) is 33.6 Å². The predicted octanol–water partition coefficient (Wildman–Crippen LogP) is 2.95. The lowest BCUT2D eigenvalue weighted by molar-refractivity contribution is -0.142. The van der Waals surface area contributed by atoms with Gasteiger partial charge in [-0.05, 0) is 53.7 Å². The summed E-state index contributed by atoms with van der Waals surface area (Å²) in [6.07, 6.45) is -3.93. The quantitative estimate of drug-likeness (QED) is 0.323. The molecule has 1 heterocycles. The van der Waals surface area contributed by atoms with E-state index >= 15 is 0 Å². The first kappa shape index (κ1) is 27.9. The Morgan fingerprint density at radius 3 is 2.59 bits per heavy atom. The highest BCUT2D eigenvalue weighted by Gasteiger charge is 2.38. The Balaban J connectivity index is 2.37. The molecule has 2 aromatic rings. The van der Waals surface area contributed by atoms with Gasteiger partial charge in [-0.25, -0.2) is 13.4 Å². The van der Waals surface area contributed by atoms with Gasteiger partial charge in [0.25, 0.3) is 0 Å². The average Bonchev–Trinajstić information content (AvgIpc) is 3.21. The summed E-state index contributed by atoms with van der Waals surface area (Å²) >= 11 is 3.49. The number of carbonyl (C=O) groups is 1. The van der Waals surface area contributed by atoms with Gasteiger partial charge in [-0.3, -0.25) is 10.2 Å². The van der Waals surface area contributed by atoms with Gasteiger partial charge < -0.3 is 15.0 Å². The summed E-state index contributed by atoms with van der Waals surface area (Å²) in [5.74, 6) is -0.652. The molecule has 0 saturated carbocycles. The van der Waals surface area contributed by atoms with E-state index in [-0.39, 0.29) is 28.0 Å². The van der Waals surface area contributed by atoms with Crippen molar-refractivity contribution in [2.24, 2.45) is 0 Å². The number of likely N-dealkylation sites (N-methyl/N-ethyl adjacent to an activating group) is 1. The van der Waals surface area contributed by atoms with E-state index < -0.39 is 38.7 Å². The van der Waals surface area contributed by atoms with E-state index in [2.05, 4.69) is 30.6 Å². The minimum Gasteiger partial charge on any atom is -0.463 e. The number of nitrogens with one attached hydrogen (secondary N) is 2. The molecular formula is C19H21BrF3N5O4S2. The Bertz CT molecular complexity index is 1200. The molecule has 0 aliphatic rings. The molecule has 0 atom stereocenters. The molecule has 1 aromatic heterocycles. The monoisotopic (exact) mass is 583 g/mol. The number of esters is 1. The number of carbonyl (C=O) groups excluding carboxylic acids is 1. The van der Waals surface area contributed by atoms with Crippen molar-refractivity contribution in [3.05, 3.63) is 33.8 Å². The van der Waals surface area contributed by atoms with E-state index in [0.717, 1.165) is 6.26 Å². The molecule has 0 fully saturated rings. The van der Waals surface area contributed by atoms with Crippen LogP contribution in [-0.4, -0.2) is 80.6 Å². The molecule has 1 aromatic carbocycles. The van der Waals surface area contributed by atoms with Crippen molar-refractivity contribution in [1.29, 1.82) is 5.41 Å². The van der Waals surface area contributed by atoms with Gasteiger partial charge in [0.05, 0.1) is 15.1 Å². The minimum atomic E-state index is -4.96. The van der Waals surface area contributed by atoms with Crippen LogP contribution in [0.1, 0.15) is 5.01 Å². The SMILES string of the molecule is CN(C)CCOC(=O)CN/C(=C(/Br)C(=N)C(F)(F)F)c1nc(-c2cccc(S(C)(=O)=O)c2)ns1. The third kappa shape index (κ3) is 7.85. The zero-order valence-electron chi connectivity index (χ0n) is 18.2. The molecule has 0 unspecified atom stereocenters. The van der Waals surface area contributed by atoms with Crippen molar-refractivity contribution in [1.82, 2.24) is 19.6 Å². The first-order valence-electron chi connectivity index (χ1n) is 9.45. The predicted molar refractivity (Wildman–Crippen MR) is 126 cm³/mol. The van der Waals surface area contributed by atoms with Crippen LogP contribution in [-0.2, 0) is 19.4 Å². The molecule has 0 bridgehead atoms. The van der Waals surface area contributed by atoms with Crippen molar-refractivity contribution in [2.45, 2.75) is 11.1 Å². The Hall–Kier alpha value is -2.36. The number of benzene rings is 1. The molecule has 0 aliphatic carbocycles. The highest BCUT2D eigenvalue weighted by Crippen LogP contribution is 2.31. The zero-order valence-corrected chi connectivity index (χ0v) is 21.5. The van der Waals surface area contributed by atoms with Crippen molar-refractivity contribution in [3.63, 3.8) is 0 Å². The summed E-state index contributed by atoms with van der Waals surface area (Å²) in [7, 11) is 0.0623. The topological polar surface area (TPSA) is 125 Å². The van der Waals surface area contributed by atoms with Crippen LogP contribution >= 0.6 is 27.5 Å². The molecule has 15 heteroatoms. The highest BCUT2D eigenvalue weighted by atomic mass is 79.9. The number of allylic oxidation sites excluding steroid dienone is 1. The maximum atomic E-state index is 13.1.